The van der Waals surface area contributed by atoms with Crippen molar-refractivity contribution < 1.29 is 31.1 Å². The number of carbonyl (C=O) groups excluding carboxylic acids is 1. The van der Waals surface area contributed by atoms with Gasteiger partial charge in [0.25, 0.3) is 0 Å². The van der Waals surface area contributed by atoms with Crippen LogP contribution in [0, 0.1) is 17.8 Å². The lowest BCUT2D eigenvalue weighted by Gasteiger charge is -2.17. The van der Waals surface area contributed by atoms with Crippen molar-refractivity contribution in [2.75, 3.05) is 13.2 Å². The van der Waals surface area contributed by atoms with Crippen molar-refractivity contribution in [3.8, 4) is 0 Å². The Morgan fingerprint density at radius 2 is 1.96 bits per heavy atom. The molecule has 0 spiro atoms. The van der Waals surface area contributed by atoms with Gasteiger partial charge < -0.3 is 4.74 Å². The van der Waals surface area contributed by atoms with Gasteiger partial charge in [-0.1, -0.05) is 12.2 Å². The minimum Gasteiger partial charge on any atom is -0.465 e. The number of halogens is 3. The van der Waals surface area contributed by atoms with E-state index in [1.54, 1.807) is 0 Å². The summed E-state index contributed by atoms with van der Waals surface area (Å²) in [5.74, 6) is 1.05. The van der Waals surface area contributed by atoms with Crippen molar-refractivity contribution in [2.45, 2.75) is 37.6 Å². The summed E-state index contributed by atoms with van der Waals surface area (Å²) in [6, 6.07) is 0. The molecule has 3 unspecified atom stereocenters. The van der Waals surface area contributed by atoms with Gasteiger partial charge in [-0.05, 0) is 49.9 Å². The zero-order valence-electron chi connectivity index (χ0n) is 12.5. The van der Waals surface area contributed by atoms with E-state index in [1.807, 2.05) is 0 Å². The third-order valence-corrected chi connectivity index (χ3v) is 5.49. The molecule has 2 aliphatic rings. The average molecular weight is 355 g/mol. The summed E-state index contributed by atoms with van der Waals surface area (Å²) < 4.78 is 63.4. The number of ether oxygens (including phenoxy) is 1. The van der Waals surface area contributed by atoms with Crippen LogP contribution in [0.15, 0.2) is 12.2 Å². The van der Waals surface area contributed by atoms with Crippen LogP contribution < -0.4 is 4.72 Å². The number of nitrogens with one attached hydrogen (secondary N) is 1. The second-order valence-corrected chi connectivity index (χ2v) is 7.79. The monoisotopic (exact) mass is 355 g/mol. The third-order valence-electron chi connectivity index (χ3n) is 4.36. The second-order valence-electron chi connectivity index (χ2n) is 6.03. The molecule has 0 amide bonds. The molecule has 0 radical (unpaired) electrons. The van der Waals surface area contributed by atoms with E-state index in [0.717, 1.165) is 12.8 Å². The summed E-state index contributed by atoms with van der Waals surface area (Å²) in [5.41, 5.74) is -5.43. The first kappa shape index (κ1) is 18.3. The Balaban J connectivity index is 1.54. The molecule has 0 aliphatic heterocycles. The molecule has 132 valence electrons. The van der Waals surface area contributed by atoms with Gasteiger partial charge in [0.05, 0.1) is 6.61 Å². The zero-order valence-corrected chi connectivity index (χ0v) is 13.3. The maximum atomic E-state index is 12.0. The highest BCUT2D eigenvalue weighted by molar-refractivity contribution is 7.90. The molecular weight excluding hydrogens is 335 g/mol. The molecule has 5 nitrogen and oxygen atoms in total. The highest BCUT2D eigenvalue weighted by atomic mass is 32.2. The fourth-order valence-corrected chi connectivity index (χ4v) is 3.68. The Morgan fingerprint density at radius 3 is 2.52 bits per heavy atom. The molecule has 2 rings (SSSR count). The topological polar surface area (TPSA) is 72.5 Å². The van der Waals surface area contributed by atoms with E-state index in [2.05, 4.69) is 12.2 Å². The Labute approximate surface area is 133 Å². The Hall–Kier alpha value is -1.09. The molecule has 0 aromatic carbocycles. The Bertz CT molecular complexity index is 559. The molecule has 9 heteroatoms. The van der Waals surface area contributed by atoms with Gasteiger partial charge in [-0.3, -0.25) is 4.79 Å². The maximum Gasteiger partial charge on any atom is 0.511 e. The number of rotatable bonds is 8. The maximum absolute atomic E-state index is 12.0. The second kappa shape index (κ2) is 7.21. The largest absolute Gasteiger partial charge is 0.511 e. The Morgan fingerprint density at radius 1 is 1.22 bits per heavy atom. The highest BCUT2D eigenvalue weighted by Gasteiger charge is 2.45. The van der Waals surface area contributed by atoms with Gasteiger partial charge in [0.2, 0.25) is 0 Å². The molecule has 0 aromatic rings. The molecule has 0 heterocycles. The van der Waals surface area contributed by atoms with Crippen molar-refractivity contribution in [3.05, 3.63) is 12.2 Å². The predicted molar refractivity (Wildman–Crippen MR) is 76.6 cm³/mol. The van der Waals surface area contributed by atoms with Crippen LogP contribution >= 0.6 is 0 Å². The SMILES string of the molecule is O=C(CNS(=O)(=O)C(F)(F)F)OCCCCC1CC2C=CC1C2. The molecule has 2 aliphatic carbocycles. The summed E-state index contributed by atoms with van der Waals surface area (Å²) in [6.07, 6.45) is 9.53. The highest BCUT2D eigenvalue weighted by Crippen LogP contribution is 2.45. The smallest absolute Gasteiger partial charge is 0.465 e. The van der Waals surface area contributed by atoms with Crippen LogP contribution in [0.4, 0.5) is 13.2 Å². The standard InChI is InChI=1S/C14H20F3NO4S/c15-14(16,17)23(20,21)18-9-13(19)22-6-2-1-3-11-7-10-4-5-12(11)8-10/h4-5,10-12,18H,1-3,6-9H2. The molecule has 1 saturated carbocycles. The number of esters is 1. The lowest BCUT2D eigenvalue weighted by atomic mass is 9.89. The van der Waals surface area contributed by atoms with E-state index in [4.69, 9.17) is 4.74 Å². The van der Waals surface area contributed by atoms with Gasteiger partial charge in [0.1, 0.15) is 6.54 Å². The lowest BCUT2D eigenvalue weighted by Crippen LogP contribution is -2.39. The van der Waals surface area contributed by atoms with Crippen molar-refractivity contribution in [3.63, 3.8) is 0 Å². The number of hydrogen-bond donors (Lipinski definition) is 1. The van der Waals surface area contributed by atoms with Gasteiger partial charge in [0, 0.05) is 0 Å². The summed E-state index contributed by atoms with van der Waals surface area (Å²) in [7, 11) is -5.50. The number of hydrogen-bond acceptors (Lipinski definition) is 4. The average Bonchev–Trinajstić information content (AvgIpc) is 3.06. The van der Waals surface area contributed by atoms with Crippen LogP contribution in [0.5, 0.6) is 0 Å². The molecule has 1 fully saturated rings. The number of unbranched alkanes of at least 4 members (excludes halogenated alkanes) is 1. The van der Waals surface area contributed by atoms with E-state index in [9.17, 15) is 26.4 Å². The van der Waals surface area contributed by atoms with E-state index >= 15 is 0 Å². The number of alkyl halides is 3. The molecule has 23 heavy (non-hydrogen) atoms. The fraction of sp³-hybridized carbons (Fsp3) is 0.786. The van der Waals surface area contributed by atoms with Crippen LogP contribution in [0.1, 0.15) is 32.1 Å². The van der Waals surface area contributed by atoms with Crippen LogP contribution in [0.2, 0.25) is 0 Å². The third kappa shape index (κ3) is 4.94. The Kier molecular flexibility index (Phi) is 5.72. The van der Waals surface area contributed by atoms with Gasteiger partial charge in [-0.15, -0.1) is 0 Å². The first-order valence-electron chi connectivity index (χ1n) is 7.59. The molecule has 0 saturated heterocycles. The fourth-order valence-electron chi connectivity index (χ4n) is 3.21. The summed E-state index contributed by atoms with van der Waals surface area (Å²) in [4.78, 5) is 11.2. The molecule has 2 bridgehead atoms. The minimum atomic E-state index is -5.50. The number of allylic oxidation sites excluding steroid dienone is 2. The van der Waals surface area contributed by atoms with Crippen molar-refractivity contribution in [2.24, 2.45) is 17.8 Å². The zero-order chi connectivity index (χ0) is 17.1. The quantitative estimate of drug-likeness (QED) is 0.412. The van der Waals surface area contributed by atoms with Crippen molar-refractivity contribution in [1.82, 2.24) is 4.72 Å². The number of sulfonamides is 1. The lowest BCUT2D eigenvalue weighted by molar-refractivity contribution is -0.142. The van der Waals surface area contributed by atoms with Crippen molar-refractivity contribution >= 4 is 16.0 Å². The first-order valence-corrected chi connectivity index (χ1v) is 9.07. The van der Waals surface area contributed by atoms with Crippen LogP contribution in [-0.4, -0.2) is 33.0 Å². The molecular formula is C14H20F3NO4S. The van der Waals surface area contributed by atoms with Gasteiger partial charge in [-0.2, -0.15) is 17.9 Å². The molecule has 3 atom stereocenters. The van der Waals surface area contributed by atoms with Crippen LogP contribution in [-0.2, 0) is 19.6 Å². The summed E-state index contributed by atoms with van der Waals surface area (Å²) >= 11 is 0. The number of carbonyl (C=O) groups is 1. The van der Waals surface area contributed by atoms with E-state index in [0.29, 0.717) is 24.2 Å². The van der Waals surface area contributed by atoms with E-state index in [1.165, 1.54) is 17.6 Å². The van der Waals surface area contributed by atoms with E-state index in [-0.39, 0.29) is 6.61 Å². The summed E-state index contributed by atoms with van der Waals surface area (Å²) in [6.45, 7) is -0.928. The molecule has 0 aromatic heterocycles. The minimum absolute atomic E-state index is 0.0865. The predicted octanol–water partition coefficient (Wildman–Crippen LogP) is 2.35. The molecule has 1 N–H and O–H groups in total. The van der Waals surface area contributed by atoms with E-state index < -0.39 is 28.0 Å². The van der Waals surface area contributed by atoms with Gasteiger partial charge in [0.15, 0.2) is 0 Å². The number of fused-ring (bicyclic) bond motifs is 2. The normalized spacial score (nSPS) is 26.7. The van der Waals surface area contributed by atoms with Crippen LogP contribution in [0.25, 0.3) is 0 Å². The summed E-state index contributed by atoms with van der Waals surface area (Å²) in [5, 5.41) is 0. The first-order chi connectivity index (χ1) is 10.7. The van der Waals surface area contributed by atoms with Crippen molar-refractivity contribution in [1.29, 1.82) is 0 Å². The van der Waals surface area contributed by atoms with Crippen LogP contribution in [0.3, 0.4) is 0 Å². The van der Waals surface area contributed by atoms with Gasteiger partial charge >= 0.3 is 21.5 Å². The van der Waals surface area contributed by atoms with Gasteiger partial charge in [-0.25, -0.2) is 8.42 Å².